The molecule has 2 saturated carbocycles. The molecule has 0 amide bonds. The maximum Gasteiger partial charge on any atom is 0.311 e. The molecule has 2 aliphatic carbocycles. The van der Waals surface area contributed by atoms with E-state index in [0.717, 1.165) is 19.3 Å². The van der Waals surface area contributed by atoms with Crippen LogP contribution in [0.3, 0.4) is 0 Å². The Morgan fingerprint density at radius 2 is 2.15 bits per heavy atom. The molecule has 0 heterocycles. The zero-order valence-corrected chi connectivity index (χ0v) is 7.90. The summed E-state index contributed by atoms with van der Waals surface area (Å²) in [4.78, 5) is 11.4. The van der Waals surface area contributed by atoms with Crippen molar-refractivity contribution in [3.05, 3.63) is 0 Å². The van der Waals surface area contributed by atoms with Crippen molar-refractivity contribution in [1.82, 2.24) is 0 Å². The molecule has 2 bridgehead atoms. The molecule has 0 saturated heterocycles. The highest BCUT2D eigenvalue weighted by Crippen LogP contribution is 2.45. The zero-order valence-electron chi connectivity index (χ0n) is 7.90. The molecular weight excluding hydrogens is 168 g/mol. The monoisotopic (exact) mass is 184 g/mol. The number of carbonyl (C=O) groups is 1. The standard InChI is InChI=1S/C10H16O3/c1-13-10(12)9-7-3-2-6(4-7)5-8(9)11/h6-9,11H,2-5H2,1H3/t6-,7?,8-,9?/m0/s1. The van der Waals surface area contributed by atoms with Gasteiger partial charge in [-0.2, -0.15) is 0 Å². The van der Waals surface area contributed by atoms with E-state index < -0.39 is 6.10 Å². The van der Waals surface area contributed by atoms with Crippen LogP contribution in [0.4, 0.5) is 0 Å². The van der Waals surface area contributed by atoms with E-state index in [9.17, 15) is 9.90 Å². The van der Waals surface area contributed by atoms with E-state index in [4.69, 9.17) is 4.74 Å². The normalized spacial score (nSPS) is 43.2. The quantitative estimate of drug-likeness (QED) is 0.617. The first-order chi connectivity index (χ1) is 6.22. The predicted molar refractivity (Wildman–Crippen MR) is 47.0 cm³/mol. The van der Waals surface area contributed by atoms with E-state index in [1.807, 2.05) is 0 Å². The summed E-state index contributed by atoms with van der Waals surface area (Å²) in [5.41, 5.74) is 0. The number of aliphatic hydroxyl groups excluding tert-OH is 1. The Bertz CT molecular complexity index is 214. The van der Waals surface area contributed by atoms with Gasteiger partial charge < -0.3 is 9.84 Å². The first kappa shape index (κ1) is 9.00. The van der Waals surface area contributed by atoms with Gasteiger partial charge in [0.15, 0.2) is 0 Å². The summed E-state index contributed by atoms with van der Waals surface area (Å²) in [6.07, 6.45) is 3.70. The molecule has 0 aromatic carbocycles. The fourth-order valence-electron chi connectivity index (χ4n) is 2.94. The van der Waals surface area contributed by atoms with Crippen molar-refractivity contribution in [3.8, 4) is 0 Å². The molecule has 3 heteroatoms. The molecule has 13 heavy (non-hydrogen) atoms. The van der Waals surface area contributed by atoms with Crippen LogP contribution in [0.5, 0.6) is 0 Å². The van der Waals surface area contributed by atoms with Gasteiger partial charge in [0.25, 0.3) is 0 Å². The van der Waals surface area contributed by atoms with Crippen LogP contribution in [0.1, 0.15) is 25.7 Å². The summed E-state index contributed by atoms with van der Waals surface area (Å²) in [7, 11) is 1.40. The molecule has 0 radical (unpaired) electrons. The summed E-state index contributed by atoms with van der Waals surface area (Å²) in [6.45, 7) is 0. The average molecular weight is 184 g/mol. The van der Waals surface area contributed by atoms with Crippen LogP contribution < -0.4 is 0 Å². The molecule has 0 aromatic rings. The number of hydrogen-bond donors (Lipinski definition) is 1. The minimum atomic E-state index is -0.460. The minimum Gasteiger partial charge on any atom is -0.469 e. The largest absolute Gasteiger partial charge is 0.469 e. The number of rotatable bonds is 1. The maximum absolute atomic E-state index is 11.4. The van der Waals surface area contributed by atoms with Crippen LogP contribution in [0.15, 0.2) is 0 Å². The van der Waals surface area contributed by atoms with E-state index in [2.05, 4.69) is 0 Å². The average Bonchev–Trinajstić information content (AvgIpc) is 2.48. The summed E-state index contributed by atoms with van der Waals surface area (Å²) >= 11 is 0. The summed E-state index contributed by atoms with van der Waals surface area (Å²) in [6, 6.07) is 0. The summed E-state index contributed by atoms with van der Waals surface area (Å²) in [5, 5.41) is 9.75. The predicted octanol–water partition coefficient (Wildman–Crippen LogP) is 0.956. The van der Waals surface area contributed by atoms with Gasteiger partial charge in [-0.1, -0.05) is 6.42 Å². The van der Waals surface area contributed by atoms with Crippen LogP contribution in [-0.4, -0.2) is 24.3 Å². The van der Waals surface area contributed by atoms with Gasteiger partial charge in [-0.25, -0.2) is 0 Å². The Morgan fingerprint density at radius 1 is 1.38 bits per heavy atom. The van der Waals surface area contributed by atoms with Crippen LogP contribution in [0.2, 0.25) is 0 Å². The first-order valence-electron chi connectivity index (χ1n) is 4.98. The lowest BCUT2D eigenvalue weighted by molar-refractivity contribution is -0.154. The molecule has 2 rings (SSSR count). The SMILES string of the molecule is COC(=O)C1C2CC[C@@H](C2)C[C@@H]1O. The van der Waals surface area contributed by atoms with Gasteiger partial charge in [0.1, 0.15) is 0 Å². The molecule has 1 N–H and O–H groups in total. The van der Waals surface area contributed by atoms with Crippen molar-refractivity contribution in [1.29, 1.82) is 0 Å². The number of methoxy groups -OCH3 is 1. The zero-order chi connectivity index (χ0) is 9.42. The summed E-state index contributed by atoms with van der Waals surface area (Å²) in [5.74, 6) is 0.559. The van der Waals surface area contributed by atoms with Crippen molar-refractivity contribution in [3.63, 3.8) is 0 Å². The van der Waals surface area contributed by atoms with E-state index >= 15 is 0 Å². The molecule has 74 valence electrons. The Hall–Kier alpha value is -0.570. The van der Waals surface area contributed by atoms with E-state index in [0.29, 0.717) is 11.8 Å². The second kappa shape index (κ2) is 3.29. The van der Waals surface area contributed by atoms with Gasteiger partial charge in [-0.15, -0.1) is 0 Å². The van der Waals surface area contributed by atoms with E-state index in [1.165, 1.54) is 13.5 Å². The first-order valence-corrected chi connectivity index (χ1v) is 4.98. The molecule has 2 unspecified atom stereocenters. The van der Waals surface area contributed by atoms with Crippen molar-refractivity contribution in [2.24, 2.45) is 17.8 Å². The molecule has 0 aromatic heterocycles. The number of hydrogen-bond acceptors (Lipinski definition) is 3. The van der Waals surface area contributed by atoms with Gasteiger partial charge in [0, 0.05) is 0 Å². The third-order valence-electron chi connectivity index (χ3n) is 3.55. The van der Waals surface area contributed by atoms with Crippen molar-refractivity contribution in [2.75, 3.05) is 7.11 Å². The van der Waals surface area contributed by atoms with Crippen molar-refractivity contribution in [2.45, 2.75) is 31.8 Å². The molecular formula is C10H16O3. The topological polar surface area (TPSA) is 46.5 Å². The van der Waals surface area contributed by atoms with Gasteiger partial charge in [-0.05, 0) is 31.1 Å². The molecule has 3 nitrogen and oxygen atoms in total. The van der Waals surface area contributed by atoms with Crippen molar-refractivity contribution >= 4 is 5.97 Å². The fourth-order valence-corrected chi connectivity index (χ4v) is 2.94. The lowest BCUT2D eigenvalue weighted by Gasteiger charge is -2.31. The number of carbonyl (C=O) groups excluding carboxylic acids is 1. The molecule has 4 atom stereocenters. The van der Waals surface area contributed by atoms with E-state index in [-0.39, 0.29) is 11.9 Å². The molecule has 2 fully saturated rings. The highest BCUT2D eigenvalue weighted by atomic mass is 16.5. The van der Waals surface area contributed by atoms with Gasteiger partial charge in [0.2, 0.25) is 0 Å². The summed E-state index contributed by atoms with van der Waals surface area (Å²) < 4.78 is 4.71. The number of fused-ring (bicyclic) bond motifs is 2. The fraction of sp³-hybridized carbons (Fsp3) is 0.900. The second-order valence-corrected chi connectivity index (χ2v) is 4.29. The Kier molecular flexibility index (Phi) is 2.28. The molecule has 0 spiro atoms. The lowest BCUT2D eigenvalue weighted by Crippen LogP contribution is -2.38. The highest BCUT2D eigenvalue weighted by Gasteiger charge is 2.45. The maximum atomic E-state index is 11.4. The number of esters is 1. The van der Waals surface area contributed by atoms with Crippen LogP contribution >= 0.6 is 0 Å². The third-order valence-corrected chi connectivity index (χ3v) is 3.55. The van der Waals surface area contributed by atoms with Crippen LogP contribution in [-0.2, 0) is 9.53 Å². The van der Waals surface area contributed by atoms with Crippen LogP contribution in [0, 0.1) is 17.8 Å². The Morgan fingerprint density at radius 3 is 2.85 bits per heavy atom. The van der Waals surface area contributed by atoms with Gasteiger partial charge in [-0.3, -0.25) is 4.79 Å². The smallest absolute Gasteiger partial charge is 0.311 e. The van der Waals surface area contributed by atoms with Gasteiger partial charge >= 0.3 is 5.97 Å². The van der Waals surface area contributed by atoms with E-state index in [1.54, 1.807) is 0 Å². The van der Waals surface area contributed by atoms with Crippen molar-refractivity contribution < 1.29 is 14.6 Å². The third kappa shape index (κ3) is 1.46. The second-order valence-electron chi connectivity index (χ2n) is 4.29. The Balaban J connectivity index is 2.11. The van der Waals surface area contributed by atoms with Crippen LogP contribution in [0.25, 0.3) is 0 Å². The van der Waals surface area contributed by atoms with Gasteiger partial charge in [0.05, 0.1) is 19.1 Å². The molecule has 2 aliphatic rings. The Labute approximate surface area is 78.1 Å². The lowest BCUT2D eigenvalue weighted by atomic mass is 9.78. The highest BCUT2D eigenvalue weighted by molar-refractivity contribution is 5.73. The number of ether oxygens (including phenoxy) is 1. The minimum absolute atomic E-state index is 0.224. The number of aliphatic hydroxyl groups is 1. The molecule has 0 aliphatic heterocycles.